The summed E-state index contributed by atoms with van der Waals surface area (Å²) in [4.78, 5) is 25.8. The molecule has 230 valence electrons. The molecule has 0 radical (unpaired) electrons. The molecule has 0 saturated carbocycles. The molecular formula is C30H28F3N5O5S. The van der Waals surface area contributed by atoms with Gasteiger partial charge in [0.2, 0.25) is 0 Å². The van der Waals surface area contributed by atoms with Crippen LogP contribution in [-0.2, 0) is 34.0 Å². The Labute approximate surface area is 251 Å². The van der Waals surface area contributed by atoms with E-state index >= 15 is 0 Å². The Morgan fingerprint density at radius 2 is 1.68 bits per heavy atom. The zero-order valence-electron chi connectivity index (χ0n) is 23.8. The fourth-order valence-electron chi connectivity index (χ4n) is 4.69. The van der Waals surface area contributed by atoms with E-state index in [9.17, 15) is 31.2 Å². The third-order valence-electron chi connectivity index (χ3n) is 6.63. The summed E-state index contributed by atoms with van der Waals surface area (Å²) in [5.41, 5.74) is 5.49. The number of amides is 2. The number of hydrogen-bond donors (Lipinski definition) is 2. The van der Waals surface area contributed by atoms with Crippen molar-refractivity contribution in [3.8, 4) is 16.8 Å². The minimum absolute atomic E-state index is 0.0362. The minimum atomic E-state index is -4.79. The quantitative estimate of drug-likeness (QED) is 0.289. The molecule has 14 heteroatoms. The number of nitrogens with one attached hydrogen (secondary N) is 1. The Morgan fingerprint density at radius 3 is 2.32 bits per heavy atom. The number of benzene rings is 3. The van der Waals surface area contributed by atoms with Crippen LogP contribution in [-0.4, -0.2) is 40.1 Å². The van der Waals surface area contributed by atoms with E-state index in [0.717, 1.165) is 4.68 Å². The van der Waals surface area contributed by atoms with Crippen LogP contribution < -0.4 is 11.1 Å². The van der Waals surface area contributed by atoms with Crippen LogP contribution in [0.1, 0.15) is 48.1 Å². The summed E-state index contributed by atoms with van der Waals surface area (Å²) in [5, 5.41) is 6.20. The molecule has 2 amide bonds. The van der Waals surface area contributed by atoms with Gasteiger partial charge in [-0.15, -0.1) is 0 Å². The van der Waals surface area contributed by atoms with E-state index in [1.54, 1.807) is 63.2 Å². The molecule has 5 rings (SSSR count). The summed E-state index contributed by atoms with van der Waals surface area (Å²) in [7, 11) is -4.23. The molecule has 0 spiro atoms. The number of hydrogen-bond acceptors (Lipinski definition) is 7. The van der Waals surface area contributed by atoms with Crippen molar-refractivity contribution < 1.29 is 35.9 Å². The number of fused-ring (bicyclic) bond motifs is 1. The number of sulfonamides is 1. The SMILES string of the molecule is CC(C)(C)OC(=O)N1Cc2cccc(-c3ccc(NC(=O)c4cc(C(F)(F)F)nn4-c4cccc(CN)c4)cc3)c2S1(=O)=O. The third kappa shape index (κ3) is 6.03. The summed E-state index contributed by atoms with van der Waals surface area (Å²) in [6.45, 7) is 4.86. The van der Waals surface area contributed by atoms with Crippen molar-refractivity contribution in [1.29, 1.82) is 0 Å². The molecule has 44 heavy (non-hydrogen) atoms. The molecule has 1 aromatic heterocycles. The molecular weight excluding hydrogens is 599 g/mol. The van der Waals surface area contributed by atoms with Crippen molar-refractivity contribution in [3.05, 3.63) is 95.3 Å². The third-order valence-corrected chi connectivity index (χ3v) is 8.49. The van der Waals surface area contributed by atoms with Gasteiger partial charge >= 0.3 is 12.3 Å². The summed E-state index contributed by atoms with van der Waals surface area (Å²) in [6.07, 6.45) is -5.77. The lowest BCUT2D eigenvalue weighted by molar-refractivity contribution is -0.141. The van der Waals surface area contributed by atoms with E-state index in [1.807, 2.05) is 0 Å². The van der Waals surface area contributed by atoms with Gasteiger partial charge in [-0.1, -0.05) is 42.5 Å². The highest BCUT2D eigenvalue weighted by molar-refractivity contribution is 7.90. The van der Waals surface area contributed by atoms with E-state index < -0.39 is 39.5 Å². The second-order valence-electron chi connectivity index (χ2n) is 11.0. The Hall–Kier alpha value is -4.69. The molecule has 10 nitrogen and oxygen atoms in total. The van der Waals surface area contributed by atoms with Gasteiger partial charge in [0, 0.05) is 23.9 Å². The highest BCUT2D eigenvalue weighted by Gasteiger charge is 2.42. The molecule has 1 aliphatic heterocycles. The molecule has 0 atom stereocenters. The Morgan fingerprint density at radius 1 is 1.00 bits per heavy atom. The Balaban J connectivity index is 1.43. The van der Waals surface area contributed by atoms with Gasteiger partial charge in [0.15, 0.2) is 5.69 Å². The average Bonchev–Trinajstić information content (AvgIpc) is 3.52. The number of alkyl halides is 3. The van der Waals surface area contributed by atoms with Crippen LogP contribution in [0.2, 0.25) is 0 Å². The number of nitrogens with two attached hydrogens (primary N) is 1. The normalized spacial score (nSPS) is 14.3. The lowest BCUT2D eigenvalue weighted by Crippen LogP contribution is -2.37. The Kier molecular flexibility index (Phi) is 7.76. The number of anilines is 1. The number of aromatic nitrogens is 2. The van der Waals surface area contributed by atoms with E-state index in [0.29, 0.717) is 32.6 Å². The lowest BCUT2D eigenvalue weighted by Gasteiger charge is -2.23. The molecule has 0 unspecified atom stereocenters. The maximum absolute atomic E-state index is 13.5. The zero-order chi connectivity index (χ0) is 32.0. The lowest BCUT2D eigenvalue weighted by atomic mass is 10.0. The molecule has 0 bridgehead atoms. The van der Waals surface area contributed by atoms with Crippen molar-refractivity contribution in [2.24, 2.45) is 5.73 Å². The van der Waals surface area contributed by atoms with E-state index in [1.165, 1.54) is 24.3 Å². The summed E-state index contributed by atoms with van der Waals surface area (Å²) < 4.78 is 74.3. The summed E-state index contributed by atoms with van der Waals surface area (Å²) in [5.74, 6) is -0.852. The van der Waals surface area contributed by atoms with Crippen LogP contribution in [0.4, 0.5) is 23.7 Å². The van der Waals surface area contributed by atoms with Crippen LogP contribution in [0.3, 0.4) is 0 Å². The fourth-order valence-corrected chi connectivity index (χ4v) is 6.38. The fraction of sp³-hybridized carbons (Fsp3) is 0.233. The van der Waals surface area contributed by atoms with Crippen molar-refractivity contribution in [1.82, 2.24) is 14.1 Å². The minimum Gasteiger partial charge on any atom is -0.443 e. The first-order valence-corrected chi connectivity index (χ1v) is 14.8. The van der Waals surface area contributed by atoms with Gasteiger partial charge in [-0.05, 0) is 61.7 Å². The van der Waals surface area contributed by atoms with Gasteiger partial charge in [0.05, 0.1) is 12.2 Å². The van der Waals surface area contributed by atoms with Crippen LogP contribution in [0.25, 0.3) is 16.8 Å². The van der Waals surface area contributed by atoms with Crippen molar-refractivity contribution in [2.45, 2.75) is 50.5 Å². The highest BCUT2D eigenvalue weighted by atomic mass is 32.2. The van der Waals surface area contributed by atoms with Crippen LogP contribution in [0.5, 0.6) is 0 Å². The maximum Gasteiger partial charge on any atom is 0.435 e. The second-order valence-corrected chi connectivity index (χ2v) is 12.8. The van der Waals surface area contributed by atoms with E-state index in [2.05, 4.69) is 10.4 Å². The first-order valence-electron chi connectivity index (χ1n) is 13.3. The van der Waals surface area contributed by atoms with Crippen LogP contribution >= 0.6 is 0 Å². The summed E-state index contributed by atoms with van der Waals surface area (Å²) >= 11 is 0. The number of rotatable bonds is 5. The molecule has 0 saturated heterocycles. The largest absolute Gasteiger partial charge is 0.443 e. The zero-order valence-corrected chi connectivity index (χ0v) is 24.7. The molecule has 4 aromatic rings. The van der Waals surface area contributed by atoms with Crippen LogP contribution in [0, 0.1) is 0 Å². The smallest absolute Gasteiger partial charge is 0.435 e. The first kappa shape index (κ1) is 30.8. The molecule has 3 N–H and O–H groups in total. The average molecular weight is 628 g/mol. The molecule has 3 aromatic carbocycles. The predicted octanol–water partition coefficient (Wildman–Crippen LogP) is 5.71. The second kappa shape index (κ2) is 11.1. The van der Waals surface area contributed by atoms with Gasteiger partial charge in [-0.3, -0.25) is 4.79 Å². The van der Waals surface area contributed by atoms with Gasteiger partial charge in [0.1, 0.15) is 16.2 Å². The van der Waals surface area contributed by atoms with Crippen LogP contribution in [0.15, 0.2) is 77.7 Å². The maximum atomic E-state index is 13.5. The first-order chi connectivity index (χ1) is 20.6. The van der Waals surface area contributed by atoms with Gasteiger partial charge in [-0.25, -0.2) is 17.9 Å². The Bertz CT molecular complexity index is 1860. The molecule has 0 aliphatic carbocycles. The number of ether oxygens (including phenoxy) is 1. The standard InChI is InChI=1S/C30H28F3N5O5S/c1-29(2,3)43-28(40)37-17-20-7-5-9-23(26(20)44(37,41)42)19-10-12-21(13-11-19)35-27(39)24-15-25(30(31,32)33)36-38(24)22-8-4-6-18(14-22)16-34/h4-15H,16-17,34H2,1-3H3,(H,35,39). The van der Waals surface area contributed by atoms with Gasteiger partial charge < -0.3 is 15.8 Å². The number of nitrogens with zero attached hydrogens (tertiary/aromatic N) is 3. The highest BCUT2D eigenvalue weighted by Crippen LogP contribution is 2.39. The monoisotopic (exact) mass is 627 g/mol. The molecule has 1 aliphatic rings. The predicted molar refractivity (Wildman–Crippen MR) is 155 cm³/mol. The topological polar surface area (TPSA) is 137 Å². The van der Waals surface area contributed by atoms with Gasteiger partial charge in [-0.2, -0.15) is 22.6 Å². The van der Waals surface area contributed by atoms with Crippen molar-refractivity contribution in [3.63, 3.8) is 0 Å². The van der Waals surface area contributed by atoms with Crippen molar-refractivity contribution in [2.75, 3.05) is 5.32 Å². The molecule has 0 fully saturated rings. The van der Waals surface area contributed by atoms with Crippen molar-refractivity contribution >= 4 is 27.7 Å². The van der Waals surface area contributed by atoms with E-state index in [4.69, 9.17) is 10.5 Å². The number of carbonyl (C=O) groups excluding carboxylic acids is 2. The summed E-state index contributed by atoms with van der Waals surface area (Å²) in [6, 6.07) is 17.9. The van der Waals surface area contributed by atoms with E-state index in [-0.39, 0.29) is 35.1 Å². The number of carbonyl (C=O) groups is 2. The number of halogens is 3. The molecule has 2 heterocycles. The van der Waals surface area contributed by atoms with Gasteiger partial charge in [0.25, 0.3) is 15.9 Å².